The first-order valence-corrected chi connectivity index (χ1v) is 5.26. The van der Waals surface area contributed by atoms with Crippen molar-refractivity contribution in [3.63, 3.8) is 0 Å². The van der Waals surface area contributed by atoms with Crippen molar-refractivity contribution in [1.82, 2.24) is 10.1 Å². The van der Waals surface area contributed by atoms with Crippen LogP contribution in [0.4, 0.5) is 4.39 Å². The summed E-state index contributed by atoms with van der Waals surface area (Å²) >= 11 is 0. The summed E-state index contributed by atoms with van der Waals surface area (Å²) in [6, 6.07) is 6.06. The van der Waals surface area contributed by atoms with Gasteiger partial charge < -0.3 is 9.26 Å². The molecule has 18 heavy (non-hydrogen) atoms. The highest BCUT2D eigenvalue weighted by molar-refractivity contribution is 5.63. The van der Waals surface area contributed by atoms with Gasteiger partial charge in [-0.15, -0.1) is 0 Å². The molecule has 0 saturated heterocycles. The fourth-order valence-electron chi connectivity index (χ4n) is 1.47. The first kappa shape index (κ1) is 12.2. The van der Waals surface area contributed by atoms with E-state index >= 15 is 0 Å². The Morgan fingerprint density at radius 2 is 2.33 bits per heavy atom. The highest BCUT2D eigenvalue weighted by atomic mass is 19.1. The lowest BCUT2D eigenvalue weighted by atomic mass is 10.1. The standard InChI is InChI=1S/C12H10FN3O2/c1-17-6-5-11-15-12(18-16-11)8-3-2-4-10(13)9(8)7-14/h2-4H,5-6H2,1H3. The van der Waals surface area contributed by atoms with Gasteiger partial charge in [-0.25, -0.2) is 4.39 Å². The molecule has 0 spiro atoms. The van der Waals surface area contributed by atoms with Crippen molar-refractivity contribution in [2.45, 2.75) is 6.42 Å². The number of nitriles is 1. The van der Waals surface area contributed by atoms with Gasteiger partial charge in [0.25, 0.3) is 5.89 Å². The molecule has 0 unspecified atom stereocenters. The molecule has 0 bridgehead atoms. The summed E-state index contributed by atoms with van der Waals surface area (Å²) < 4.78 is 23.3. The van der Waals surface area contributed by atoms with Crippen molar-refractivity contribution < 1.29 is 13.7 Å². The quantitative estimate of drug-likeness (QED) is 0.825. The number of hydrogen-bond donors (Lipinski definition) is 0. The highest BCUT2D eigenvalue weighted by Crippen LogP contribution is 2.23. The number of halogens is 1. The Morgan fingerprint density at radius 1 is 1.50 bits per heavy atom. The summed E-state index contributed by atoms with van der Waals surface area (Å²) in [5.74, 6) is -0.0104. The van der Waals surface area contributed by atoms with Gasteiger partial charge in [-0.1, -0.05) is 11.2 Å². The van der Waals surface area contributed by atoms with Gasteiger partial charge in [-0.2, -0.15) is 10.2 Å². The van der Waals surface area contributed by atoms with Crippen LogP contribution in [0, 0.1) is 17.1 Å². The first-order valence-electron chi connectivity index (χ1n) is 5.26. The van der Waals surface area contributed by atoms with E-state index in [0.29, 0.717) is 24.4 Å². The van der Waals surface area contributed by atoms with Crippen molar-refractivity contribution in [1.29, 1.82) is 5.26 Å². The van der Waals surface area contributed by atoms with Crippen molar-refractivity contribution >= 4 is 0 Å². The summed E-state index contributed by atoms with van der Waals surface area (Å²) in [5, 5.41) is 12.6. The maximum Gasteiger partial charge on any atom is 0.259 e. The van der Waals surface area contributed by atoms with Crippen LogP contribution in [0.15, 0.2) is 22.7 Å². The fraction of sp³-hybridized carbons (Fsp3) is 0.250. The molecule has 2 rings (SSSR count). The molecule has 0 aliphatic heterocycles. The van der Waals surface area contributed by atoms with Gasteiger partial charge in [0.05, 0.1) is 12.2 Å². The van der Waals surface area contributed by atoms with Crippen LogP contribution in [0.5, 0.6) is 0 Å². The lowest BCUT2D eigenvalue weighted by molar-refractivity contribution is 0.199. The van der Waals surface area contributed by atoms with Gasteiger partial charge in [0, 0.05) is 13.5 Å². The zero-order valence-electron chi connectivity index (χ0n) is 9.68. The van der Waals surface area contributed by atoms with E-state index in [-0.39, 0.29) is 11.5 Å². The number of benzene rings is 1. The van der Waals surface area contributed by atoms with Crippen LogP contribution in [-0.4, -0.2) is 23.9 Å². The maximum absolute atomic E-state index is 13.4. The average Bonchev–Trinajstić information content (AvgIpc) is 2.84. The van der Waals surface area contributed by atoms with E-state index in [0.717, 1.165) is 0 Å². The lowest BCUT2D eigenvalue weighted by Crippen LogP contribution is -1.96. The molecule has 92 valence electrons. The van der Waals surface area contributed by atoms with Crippen LogP contribution in [-0.2, 0) is 11.2 Å². The molecule has 0 fully saturated rings. The second-order valence-corrected chi connectivity index (χ2v) is 3.53. The molecule has 1 heterocycles. The molecule has 2 aromatic rings. The topological polar surface area (TPSA) is 71.9 Å². The van der Waals surface area contributed by atoms with E-state index in [2.05, 4.69) is 10.1 Å². The van der Waals surface area contributed by atoms with E-state index in [1.807, 2.05) is 0 Å². The predicted octanol–water partition coefficient (Wildman–Crippen LogP) is 1.94. The molecule has 0 aliphatic rings. The third-order valence-electron chi connectivity index (χ3n) is 2.35. The minimum absolute atomic E-state index is 0.0977. The Morgan fingerprint density at radius 3 is 3.06 bits per heavy atom. The smallest absolute Gasteiger partial charge is 0.259 e. The summed E-state index contributed by atoms with van der Waals surface area (Å²) in [6.45, 7) is 0.466. The number of aromatic nitrogens is 2. The molecule has 6 heteroatoms. The highest BCUT2D eigenvalue weighted by Gasteiger charge is 2.15. The van der Waals surface area contributed by atoms with Crippen LogP contribution in [0.3, 0.4) is 0 Å². The number of hydrogen-bond acceptors (Lipinski definition) is 5. The van der Waals surface area contributed by atoms with Crippen LogP contribution >= 0.6 is 0 Å². The summed E-state index contributed by atoms with van der Waals surface area (Å²) in [4.78, 5) is 4.09. The minimum Gasteiger partial charge on any atom is -0.384 e. The van der Waals surface area contributed by atoms with Crippen LogP contribution < -0.4 is 0 Å². The lowest BCUT2D eigenvalue weighted by Gasteiger charge is -1.98. The zero-order chi connectivity index (χ0) is 13.0. The summed E-state index contributed by atoms with van der Waals surface area (Å²) in [6.07, 6.45) is 0.497. The first-order chi connectivity index (χ1) is 8.76. The molecule has 0 saturated carbocycles. The van der Waals surface area contributed by atoms with Crippen molar-refractivity contribution in [2.75, 3.05) is 13.7 Å². The van der Waals surface area contributed by atoms with E-state index < -0.39 is 5.82 Å². The van der Waals surface area contributed by atoms with Gasteiger partial charge in [-0.3, -0.25) is 0 Å². The molecule has 1 aromatic heterocycles. The van der Waals surface area contributed by atoms with Crippen molar-refractivity contribution in [2.24, 2.45) is 0 Å². The summed E-state index contributed by atoms with van der Waals surface area (Å²) in [7, 11) is 1.57. The molecule has 1 aromatic carbocycles. The van der Waals surface area contributed by atoms with Crippen LogP contribution in [0.25, 0.3) is 11.5 Å². The Bertz CT molecular complexity index is 589. The van der Waals surface area contributed by atoms with E-state index in [9.17, 15) is 4.39 Å². The normalized spacial score (nSPS) is 10.3. The molecule has 5 nitrogen and oxygen atoms in total. The number of rotatable bonds is 4. The molecule has 0 radical (unpaired) electrons. The SMILES string of the molecule is COCCc1noc(-c2cccc(F)c2C#N)n1. The number of methoxy groups -OCH3 is 1. The Hall–Kier alpha value is -2.26. The predicted molar refractivity (Wildman–Crippen MR) is 60.0 cm³/mol. The Balaban J connectivity index is 2.35. The molecule has 0 atom stereocenters. The molecule has 0 aliphatic carbocycles. The maximum atomic E-state index is 13.4. The van der Waals surface area contributed by atoms with E-state index in [1.165, 1.54) is 12.1 Å². The third kappa shape index (κ3) is 2.36. The molecular weight excluding hydrogens is 237 g/mol. The van der Waals surface area contributed by atoms with Crippen molar-refractivity contribution in [3.8, 4) is 17.5 Å². The second-order valence-electron chi connectivity index (χ2n) is 3.53. The Labute approximate surface area is 103 Å². The number of ether oxygens (including phenoxy) is 1. The molecule has 0 N–H and O–H groups in total. The monoisotopic (exact) mass is 247 g/mol. The second kappa shape index (κ2) is 5.38. The van der Waals surface area contributed by atoms with E-state index in [1.54, 1.807) is 19.2 Å². The largest absolute Gasteiger partial charge is 0.384 e. The number of nitrogens with zero attached hydrogens (tertiary/aromatic N) is 3. The average molecular weight is 247 g/mol. The minimum atomic E-state index is -0.605. The summed E-state index contributed by atoms with van der Waals surface area (Å²) in [5.41, 5.74) is 0.202. The van der Waals surface area contributed by atoms with Gasteiger partial charge >= 0.3 is 0 Å². The van der Waals surface area contributed by atoms with E-state index in [4.69, 9.17) is 14.5 Å². The molecular formula is C12H10FN3O2. The van der Waals surface area contributed by atoms with Gasteiger partial charge in [0.15, 0.2) is 5.82 Å². The van der Waals surface area contributed by atoms with Crippen LogP contribution in [0.1, 0.15) is 11.4 Å². The Kier molecular flexibility index (Phi) is 3.65. The zero-order valence-corrected chi connectivity index (χ0v) is 9.68. The third-order valence-corrected chi connectivity index (χ3v) is 2.35. The van der Waals surface area contributed by atoms with Gasteiger partial charge in [0.1, 0.15) is 17.4 Å². The van der Waals surface area contributed by atoms with Gasteiger partial charge in [0.2, 0.25) is 0 Å². The fourth-order valence-corrected chi connectivity index (χ4v) is 1.47. The van der Waals surface area contributed by atoms with Crippen LogP contribution in [0.2, 0.25) is 0 Å². The van der Waals surface area contributed by atoms with Crippen molar-refractivity contribution in [3.05, 3.63) is 35.4 Å². The van der Waals surface area contributed by atoms with Gasteiger partial charge in [-0.05, 0) is 12.1 Å². The molecule has 0 amide bonds.